The maximum atomic E-state index is 12.7. The summed E-state index contributed by atoms with van der Waals surface area (Å²) in [6, 6.07) is 4.80. The molecule has 29 heavy (non-hydrogen) atoms. The molecule has 10 heteroatoms. The SMILES string of the molecule is CCN(CC)S(=O)(=O)N1CCN(C(C)C(=O)Nc2ccc(OC)c(OC)c2)CC1. The van der Waals surface area contributed by atoms with E-state index in [1.54, 1.807) is 25.3 Å². The number of carbonyl (C=O) groups is 1. The van der Waals surface area contributed by atoms with Crippen LogP contribution in [-0.4, -0.2) is 87.4 Å². The Hall–Kier alpha value is -1.88. The third-order valence-corrected chi connectivity index (χ3v) is 7.40. The van der Waals surface area contributed by atoms with Crippen LogP contribution >= 0.6 is 0 Å². The first-order chi connectivity index (χ1) is 13.8. The lowest BCUT2D eigenvalue weighted by Gasteiger charge is -2.38. The standard InChI is InChI=1S/C19H32N4O5S/c1-6-22(7-2)29(25,26)23-12-10-21(11-13-23)15(3)19(24)20-16-8-9-17(27-4)18(14-16)28-5/h8-9,14-15H,6-7,10-13H2,1-5H3,(H,20,24). The van der Waals surface area contributed by atoms with Crippen molar-refractivity contribution in [3.8, 4) is 11.5 Å². The van der Waals surface area contributed by atoms with Crippen molar-refractivity contribution in [2.24, 2.45) is 0 Å². The molecule has 1 fully saturated rings. The molecule has 1 aliphatic heterocycles. The number of ether oxygens (including phenoxy) is 2. The Bertz CT molecular complexity index is 790. The zero-order valence-electron chi connectivity index (χ0n) is 17.8. The van der Waals surface area contributed by atoms with Gasteiger partial charge in [0, 0.05) is 51.0 Å². The highest BCUT2D eigenvalue weighted by atomic mass is 32.2. The second-order valence-electron chi connectivity index (χ2n) is 6.76. The quantitative estimate of drug-likeness (QED) is 0.636. The zero-order valence-corrected chi connectivity index (χ0v) is 18.7. The van der Waals surface area contributed by atoms with E-state index < -0.39 is 10.2 Å². The molecule has 1 aromatic rings. The van der Waals surface area contributed by atoms with E-state index in [9.17, 15) is 13.2 Å². The van der Waals surface area contributed by atoms with E-state index in [1.165, 1.54) is 15.7 Å². The van der Waals surface area contributed by atoms with Crippen LogP contribution in [0.3, 0.4) is 0 Å². The van der Waals surface area contributed by atoms with Crippen LogP contribution in [0.25, 0.3) is 0 Å². The first-order valence-electron chi connectivity index (χ1n) is 9.80. The molecule has 1 heterocycles. The molecule has 0 spiro atoms. The van der Waals surface area contributed by atoms with Gasteiger partial charge in [0.05, 0.1) is 20.3 Å². The van der Waals surface area contributed by atoms with Crippen LogP contribution in [0.2, 0.25) is 0 Å². The monoisotopic (exact) mass is 428 g/mol. The number of methoxy groups -OCH3 is 2. The summed E-state index contributed by atoms with van der Waals surface area (Å²) >= 11 is 0. The van der Waals surface area contributed by atoms with Crippen LogP contribution in [0.15, 0.2) is 18.2 Å². The number of nitrogens with zero attached hydrogens (tertiary/aromatic N) is 3. The van der Waals surface area contributed by atoms with Gasteiger partial charge in [-0.3, -0.25) is 9.69 Å². The summed E-state index contributed by atoms with van der Waals surface area (Å²) in [4.78, 5) is 14.7. The van der Waals surface area contributed by atoms with Gasteiger partial charge in [-0.15, -0.1) is 0 Å². The van der Waals surface area contributed by atoms with Crippen LogP contribution in [0.4, 0.5) is 5.69 Å². The molecule has 1 aromatic carbocycles. The Labute approximate surface area is 173 Å². The molecule has 0 bridgehead atoms. The molecule has 0 aromatic heterocycles. The minimum Gasteiger partial charge on any atom is -0.493 e. The highest BCUT2D eigenvalue weighted by Gasteiger charge is 2.33. The van der Waals surface area contributed by atoms with Crippen LogP contribution < -0.4 is 14.8 Å². The predicted molar refractivity (Wildman–Crippen MR) is 113 cm³/mol. The van der Waals surface area contributed by atoms with Gasteiger partial charge >= 0.3 is 0 Å². The first-order valence-corrected chi connectivity index (χ1v) is 11.2. The number of rotatable bonds is 9. The smallest absolute Gasteiger partial charge is 0.282 e. The van der Waals surface area contributed by atoms with Gasteiger partial charge in [-0.05, 0) is 19.1 Å². The molecule has 1 N–H and O–H groups in total. The summed E-state index contributed by atoms with van der Waals surface area (Å²) in [6.07, 6.45) is 0. The molecule has 0 saturated carbocycles. The Morgan fingerprint density at radius 3 is 2.21 bits per heavy atom. The van der Waals surface area contributed by atoms with E-state index in [2.05, 4.69) is 5.32 Å². The number of anilines is 1. The van der Waals surface area contributed by atoms with Crippen LogP contribution in [0, 0.1) is 0 Å². The molecule has 9 nitrogen and oxygen atoms in total. The van der Waals surface area contributed by atoms with Crippen molar-refractivity contribution >= 4 is 21.8 Å². The average Bonchev–Trinajstić information content (AvgIpc) is 2.73. The van der Waals surface area contributed by atoms with Crippen molar-refractivity contribution in [2.45, 2.75) is 26.8 Å². The molecular formula is C19H32N4O5S. The summed E-state index contributed by atoms with van der Waals surface area (Å²) < 4.78 is 38.7. The third-order valence-electron chi connectivity index (χ3n) is 5.21. The summed E-state index contributed by atoms with van der Waals surface area (Å²) in [5.41, 5.74) is 0.613. The van der Waals surface area contributed by atoms with E-state index in [4.69, 9.17) is 9.47 Å². The molecule has 1 amide bonds. The zero-order chi connectivity index (χ0) is 21.6. The topological polar surface area (TPSA) is 91.4 Å². The minimum absolute atomic E-state index is 0.155. The molecular weight excluding hydrogens is 396 g/mol. The maximum absolute atomic E-state index is 12.7. The van der Waals surface area contributed by atoms with Crippen molar-refractivity contribution in [3.63, 3.8) is 0 Å². The lowest BCUT2D eigenvalue weighted by molar-refractivity contribution is -0.121. The van der Waals surface area contributed by atoms with Gasteiger partial charge in [0.2, 0.25) is 5.91 Å². The lowest BCUT2D eigenvalue weighted by atomic mass is 10.2. The highest BCUT2D eigenvalue weighted by Crippen LogP contribution is 2.29. The fourth-order valence-corrected chi connectivity index (χ4v) is 4.97. The molecule has 0 radical (unpaired) electrons. The van der Waals surface area contributed by atoms with Crippen LogP contribution in [0.5, 0.6) is 11.5 Å². The molecule has 1 aliphatic rings. The Morgan fingerprint density at radius 1 is 1.10 bits per heavy atom. The van der Waals surface area contributed by atoms with Crippen molar-refractivity contribution in [2.75, 3.05) is 58.8 Å². The van der Waals surface area contributed by atoms with Crippen LogP contribution in [0.1, 0.15) is 20.8 Å². The fourth-order valence-electron chi connectivity index (χ4n) is 3.36. The van der Waals surface area contributed by atoms with E-state index in [0.29, 0.717) is 56.5 Å². The molecule has 164 valence electrons. The highest BCUT2D eigenvalue weighted by molar-refractivity contribution is 7.86. The Balaban J connectivity index is 1.97. The molecule has 1 atom stereocenters. The number of nitrogens with one attached hydrogen (secondary N) is 1. The largest absolute Gasteiger partial charge is 0.493 e. The second-order valence-corrected chi connectivity index (χ2v) is 8.69. The van der Waals surface area contributed by atoms with Gasteiger partial charge in [-0.2, -0.15) is 17.0 Å². The van der Waals surface area contributed by atoms with Gasteiger partial charge in [-0.25, -0.2) is 0 Å². The van der Waals surface area contributed by atoms with E-state index >= 15 is 0 Å². The first kappa shape index (κ1) is 23.4. The van der Waals surface area contributed by atoms with Crippen molar-refractivity contribution in [3.05, 3.63) is 18.2 Å². The van der Waals surface area contributed by atoms with Crippen LogP contribution in [-0.2, 0) is 15.0 Å². The predicted octanol–water partition coefficient (Wildman–Crippen LogP) is 1.24. The fraction of sp³-hybridized carbons (Fsp3) is 0.632. The number of carbonyl (C=O) groups excluding carboxylic acids is 1. The number of piperazine rings is 1. The second kappa shape index (κ2) is 10.2. The average molecular weight is 429 g/mol. The number of hydrogen-bond acceptors (Lipinski definition) is 6. The Kier molecular flexibility index (Phi) is 8.26. The summed E-state index contributed by atoms with van der Waals surface area (Å²) in [5.74, 6) is 0.967. The van der Waals surface area contributed by atoms with E-state index in [1.807, 2.05) is 25.7 Å². The van der Waals surface area contributed by atoms with Crippen molar-refractivity contribution < 1.29 is 22.7 Å². The summed E-state index contributed by atoms with van der Waals surface area (Å²) in [5, 5.41) is 2.89. The van der Waals surface area contributed by atoms with Gasteiger partial charge in [0.1, 0.15) is 0 Å². The number of benzene rings is 1. The minimum atomic E-state index is -3.44. The van der Waals surface area contributed by atoms with Gasteiger partial charge in [0.25, 0.3) is 10.2 Å². The molecule has 1 unspecified atom stereocenters. The lowest BCUT2D eigenvalue weighted by Crippen LogP contribution is -2.56. The Morgan fingerprint density at radius 2 is 1.69 bits per heavy atom. The maximum Gasteiger partial charge on any atom is 0.282 e. The molecule has 2 rings (SSSR count). The third kappa shape index (κ3) is 5.39. The van der Waals surface area contributed by atoms with Gasteiger partial charge in [0.15, 0.2) is 11.5 Å². The van der Waals surface area contributed by atoms with Gasteiger partial charge in [-0.1, -0.05) is 13.8 Å². The van der Waals surface area contributed by atoms with E-state index in [0.717, 1.165) is 0 Å². The van der Waals surface area contributed by atoms with Crippen molar-refractivity contribution in [1.82, 2.24) is 13.5 Å². The molecule has 1 saturated heterocycles. The summed E-state index contributed by atoms with van der Waals surface area (Å²) in [7, 11) is -0.349. The molecule has 0 aliphatic carbocycles. The normalized spacial score (nSPS) is 17.2. The number of amides is 1. The van der Waals surface area contributed by atoms with Crippen molar-refractivity contribution in [1.29, 1.82) is 0 Å². The van der Waals surface area contributed by atoms with Gasteiger partial charge < -0.3 is 14.8 Å². The number of hydrogen-bond donors (Lipinski definition) is 1. The summed E-state index contributed by atoms with van der Waals surface area (Å²) in [6.45, 7) is 8.12. The van der Waals surface area contributed by atoms with E-state index in [-0.39, 0.29) is 11.9 Å².